The van der Waals surface area contributed by atoms with E-state index >= 15 is 0 Å². The van der Waals surface area contributed by atoms with Crippen LogP contribution in [-0.2, 0) is 11.2 Å². The summed E-state index contributed by atoms with van der Waals surface area (Å²) in [5.41, 5.74) is 3.22. The molecule has 0 aliphatic rings. The second-order valence-corrected chi connectivity index (χ2v) is 7.76. The Morgan fingerprint density at radius 1 is 1.07 bits per heavy atom. The van der Waals surface area contributed by atoms with Crippen molar-refractivity contribution in [1.29, 1.82) is 0 Å². The number of rotatable bonds is 9. The number of benzene rings is 1. The zero-order valence-corrected chi connectivity index (χ0v) is 18.8. The van der Waals surface area contributed by atoms with Gasteiger partial charge in [0.1, 0.15) is 0 Å². The average Bonchev–Trinajstić information content (AvgIpc) is 3.06. The monoisotopic (exact) mass is 458 g/mol. The molecule has 0 radical (unpaired) electrons. The normalized spacial score (nSPS) is 11.0. The molecule has 1 amide bonds. The summed E-state index contributed by atoms with van der Waals surface area (Å²) in [4.78, 5) is 19.8. The summed E-state index contributed by atoms with van der Waals surface area (Å²) in [7, 11) is 0. The van der Waals surface area contributed by atoms with E-state index in [1.54, 1.807) is 4.52 Å². The van der Waals surface area contributed by atoms with Crippen molar-refractivity contribution < 1.29 is 9.53 Å². The molecular weight excluding hydrogens is 432 g/mol. The van der Waals surface area contributed by atoms with Gasteiger partial charge in [-0.1, -0.05) is 41.9 Å². The molecule has 2 heterocycles. The molecular formula is C22H27BrN4O2. The zero-order chi connectivity index (χ0) is 20.8. The molecule has 0 aliphatic carbocycles. The Morgan fingerprint density at radius 3 is 2.38 bits per heavy atom. The van der Waals surface area contributed by atoms with Gasteiger partial charge in [-0.05, 0) is 38.0 Å². The van der Waals surface area contributed by atoms with Gasteiger partial charge in [0.05, 0.1) is 24.4 Å². The molecule has 0 saturated carbocycles. The largest absolute Gasteiger partial charge is 0.477 e. The van der Waals surface area contributed by atoms with E-state index in [4.69, 9.17) is 9.72 Å². The highest BCUT2D eigenvalue weighted by Crippen LogP contribution is 2.27. The summed E-state index contributed by atoms with van der Waals surface area (Å²) < 4.78 is 8.31. The van der Waals surface area contributed by atoms with Crippen LogP contribution in [0.5, 0.6) is 5.88 Å². The Bertz CT molecular complexity index is 963. The lowest BCUT2D eigenvalue weighted by atomic mass is 10.1. The summed E-state index contributed by atoms with van der Waals surface area (Å²) >= 11 is 3.48. The number of halogens is 1. The third-order valence-electron chi connectivity index (χ3n) is 4.61. The van der Waals surface area contributed by atoms with E-state index in [1.165, 1.54) is 0 Å². The third kappa shape index (κ3) is 4.96. The van der Waals surface area contributed by atoms with Crippen LogP contribution in [0.1, 0.15) is 39.3 Å². The number of amides is 1. The Kier molecular flexibility index (Phi) is 7.25. The van der Waals surface area contributed by atoms with Crippen molar-refractivity contribution in [2.75, 3.05) is 19.7 Å². The number of aromatic nitrogens is 3. The Hall–Kier alpha value is -2.41. The quantitative estimate of drug-likeness (QED) is 0.464. The number of nitrogens with zero attached hydrogens (tertiary/aromatic N) is 4. The molecule has 0 bridgehead atoms. The van der Waals surface area contributed by atoms with Crippen LogP contribution in [0, 0.1) is 0 Å². The molecule has 7 heteroatoms. The van der Waals surface area contributed by atoms with Crippen molar-refractivity contribution in [3.63, 3.8) is 0 Å². The predicted molar refractivity (Wildman–Crippen MR) is 118 cm³/mol. The average molecular weight is 459 g/mol. The smallest absolute Gasteiger partial charge is 0.231 e. The molecule has 6 nitrogen and oxygen atoms in total. The second kappa shape index (κ2) is 9.87. The van der Waals surface area contributed by atoms with Crippen molar-refractivity contribution in [2.24, 2.45) is 0 Å². The summed E-state index contributed by atoms with van der Waals surface area (Å²) in [5, 5.41) is 4.58. The molecule has 3 rings (SSSR count). The minimum absolute atomic E-state index is 0.0949. The maximum absolute atomic E-state index is 13.1. The topological polar surface area (TPSA) is 59.7 Å². The summed E-state index contributed by atoms with van der Waals surface area (Å²) in [6, 6.07) is 11.6. The second-order valence-electron chi connectivity index (χ2n) is 6.85. The lowest BCUT2D eigenvalue weighted by molar-refractivity contribution is -0.130. The molecule has 0 saturated heterocycles. The van der Waals surface area contributed by atoms with Gasteiger partial charge in [-0.15, -0.1) is 5.10 Å². The summed E-state index contributed by atoms with van der Waals surface area (Å²) in [6.45, 7) is 8.15. The fraction of sp³-hybridized carbons (Fsp3) is 0.409. The molecule has 0 fully saturated rings. The predicted octanol–water partition coefficient (Wildman–Crippen LogP) is 4.75. The van der Waals surface area contributed by atoms with Crippen molar-refractivity contribution in [2.45, 2.75) is 40.0 Å². The summed E-state index contributed by atoms with van der Waals surface area (Å²) in [6.07, 6.45) is 2.12. The molecule has 2 aromatic heterocycles. The van der Waals surface area contributed by atoms with Crippen LogP contribution < -0.4 is 4.74 Å². The van der Waals surface area contributed by atoms with E-state index in [2.05, 4.69) is 34.9 Å². The number of carbonyl (C=O) groups excluding carboxylic acids is 1. The van der Waals surface area contributed by atoms with E-state index < -0.39 is 0 Å². The van der Waals surface area contributed by atoms with Gasteiger partial charge in [0, 0.05) is 29.2 Å². The Morgan fingerprint density at radius 2 is 1.76 bits per heavy atom. The number of ether oxygens (including phenoxy) is 1. The number of imidazole rings is 1. The fourth-order valence-corrected chi connectivity index (χ4v) is 3.61. The van der Waals surface area contributed by atoms with Crippen molar-refractivity contribution in [3.8, 4) is 17.1 Å². The van der Waals surface area contributed by atoms with Gasteiger partial charge < -0.3 is 9.64 Å². The highest BCUT2D eigenvalue weighted by atomic mass is 79.9. The molecule has 1 aromatic carbocycles. The minimum atomic E-state index is 0.0949. The van der Waals surface area contributed by atoms with Crippen molar-refractivity contribution in [3.05, 3.63) is 46.6 Å². The van der Waals surface area contributed by atoms with Crippen LogP contribution in [0.15, 0.2) is 40.9 Å². The van der Waals surface area contributed by atoms with E-state index in [-0.39, 0.29) is 12.3 Å². The molecule has 0 atom stereocenters. The first kappa shape index (κ1) is 21.3. The van der Waals surface area contributed by atoms with Crippen molar-refractivity contribution in [1.82, 2.24) is 19.5 Å². The first-order chi connectivity index (χ1) is 14.1. The minimum Gasteiger partial charge on any atom is -0.477 e. The van der Waals surface area contributed by atoms with Crippen LogP contribution >= 0.6 is 15.9 Å². The van der Waals surface area contributed by atoms with E-state index in [0.717, 1.165) is 47.4 Å². The number of fused-ring (bicyclic) bond motifs is 1. The van der Waals surface area contributed by atoms with Crippen molar-refractivity contribution >= 4 is 27.5 Å². The van der Waals surface area contributed by atoms with Crippen LogP contribution in [-0.4, -0.2) is 45.1 Å². The highest BCUT2D eigenvalue weighted by molar-refractivity contribution is 9.10. The molecule has 154 valence electrons. The third-order valence-corrected chi connectivity index (χ3v) is 5.14. The van der Waals surface area contributed by atoms with Gasteiger partial charge in [-0.25, -0.2) is 9.50 Å². The number of hydrogen-bond acceptors (Lipinski definition) is 4. The van der Waals surface area contributed by atoms with E-state index in [9.17, 15) is 4.79 Å². The van der Waals surface area contributed by atoms with Crippen LogP contribution in [0.25, 0.3) is 16.9 Å². The standard InChI is InChI=1S/C22H27BrN4O2/c1-4-13-26(14-5-2)21(28)15-18-22(16-7-9-17(23)10-8-16)24-19-11-12-20(29-6-3)25-27(18)19/h7-12H,4-6,13-15H2,1-3H3. The van der Waals surface area contributed by atoms with E-state index in [1.807, 2.05) is 48.2 Å². The fourth-order valence-electron chi connectivity index (χ4n) is 3.34. The molecule has 3 aromatic rings. The first-order valence-electron chi connectivity index (χ1n) is 10.1. The van der Waals surface area contributed by atoms with Gasteiger partial charge in [-0.3, -0.25) is 4.79 Å². The zero-order valence-electron chi connectivity index (χ0n) is 17.2. The van der Waals surface area contributed by atoms with Crippen LogP contribution in [0.4, 0.5) is 0 Å². The van der Waals surface area contributed by atoms with Gasteiger partial charge in [0.15, 0.2) is 5.65 Å². The van der Waals surface area contributed by atoms with Crippen LogP contribution in [0.2, 0.25) is 0 Å². The molecule has 0 unspecified atom stereocenters. The Labute approximate surface area is 180 Å². The van der Waals surface area contributed by atoms with E-state index in [0.29, 0.717) is 18.1 Å². The van der Waals surface area contributed by atoms with Gasteiger partial charge in [0.25, 0.3) is 0 Å². The molecule has 29 heavy (non-hydrogen) atoms. The lowest BCUT2D eigenvalue weighted by Crippen LogP contribution is -2.34. The molecule has 0 N–H and O–H groups in total. The maximum atomic E-state index is 13.1. The van der Waals surface area contributed by atoms with Crippen LogP contribution in [0.3, 0.4) is 0 Å². The maximum Gasteiger partial charge on any atom is 0.231 e. The highest BCUT2D eigenvalue weighted by Gasteiger charge is 2.21. The van der Waals surface area contributed by atoms with Gasteiger partial charge in [0.2, 0.25) is 11.8 Å². The first-order valence-corrected chi connectivity index (χ1v) is 10.9. The van der Waals surface area contributed by atoms with Gasteiger partial charge in [-0.2, -0.15) is 0 Å². The molecule has 0 spiro atoms. The number of carbonyl (C=O) groups is 1. The molecule has 0 aliphatic heterocycles. The summed E-state index contributed by atoms with van der Waals surface area (Å²) in [5.74, 6) is 0.616. The number of hydrogen-bond donors (Lipinski definition) is 0. The lowest BCUT2D eigenvalue weighted by Gasteiger charge is -2.21. The Balaban J connectivity index is 2.07. The van der Waals surface area contributed by atoms with Gasteiger partial charge >= 0.3 is 0 Å². The SMILES string of the molecule is CCCN(CCC)C(=O)Cc1c(-c2ccc(Br)cc2)nc2ccc(OCC)nn12.